The molecule has 2 heterocycles. The number of nitrogens with zero attached hydrogens (tertiary/aromatic N) is 2. The van der Waals surface area contributed by atoms with Gasteiger partial charge in [-0.05, 0) is 24.0 Å². The predicted octanol–water partition coefficient (Wildman–Crippen LogP) is 3.92. The Kier molecular flexibility index (Phi) is 4.47. The molecule has 1 aliphatic heterocycles. The van der Waals surface area contributed by atoms with Crippen LogP contribution in [0.15, 0.2) is 59.8 Å². The lowest BCUT2D eigenvalue weighted by Crippen LogP contribution is -2.43. The minimum atomic E-state index is -1.08. The third kappa shape index (κ3) is 2.69. The Morgan fingerprint density at radius 1 is 1.07 bits per heavy atom. The number of benzene rings is 2. The lowest BCUT2D eigenvalue weighted by atomic mass is 9.87. The quantitative estimate of drug-likeness (QED) is 0.524. The average Bonchev–Trinajstić information content (AvgIpc) is 3.26. The summed E-state index contributed by atoms with van der Waals surface area (Å²) < 4.78 is 0. The van der Waals surface area contributed by atoms with E-state index in [4.69, 9.17) is 0 Å². The highest BCUT2D eigenvalue weighted by atomic mass is 16.2. The lowest BCUT2D eigenvalue weighted by molar-refractivity contribution is -0.131. The van der Waals surface area contributed by atoms with Crippen LogP contribution in [0, 0.1) is 0 Å². The summed E-state index contributed by atoms with van der Waals surface area (Å²) in [6.07, 6.45) is 4.76. The molecule has 2 N–H and O–H groups in total. The van der Waals surface area contributed by atoms with Gasteiger partial charge in [0.15, 0.2) is 0 Å². The summed E-state index contributed by atoms with van der Waals surface area (Å²) in [5, 5.41) is 9.01. The third-order valence-electron chi connectivity index (χ3n) is 5.39. The van der Waals surface area contributed by atoms with E-state index in [0.717, 1.165) is 33.5 Å². The van der Waals surface area contributed by atoms with Crippen LogP contribution < -0.4 is 5.32 Å². The Labute approximate surface area is 163 Å². The summed E-state index contributed by atoms with van der Waals surface area (Å²) >= 11 is 0. The maximum Gasteiger partial charge on any atom is 0.346 e. The maximum absolute atomic E-state index is 13.1. The van der Waals surface area contributed by atoms with Crippen LogP contribution in [0.3, 0.4) is 0 Å². The summed E-state index contributed by atoms with van der Waals surface area (Å²) in [6.45, 7) is 3.98. The molecule has 4 rings (SSSR count). The van der Waals surface area contributed by atoms with Gasteiger partial charge in [-0.2, -0.15) is 5.10 Å². The zero-order valence-corrected chi connectivity index (χ0v) is 15.9. The van der Waals surface area contributed by atoms with Crippen molar-refractivity contribution in [2.24, 2.45) is 5.10 Å². The van der Waals surface area contributed by atoms with E-state index in [-0.39, 0.29) is 5.91 Å². The monoisotopic (exact) mass is 374 g/mol. The molecule has 28 heavy (non-hydrogen) atoms. The van der Waals surface area contributed by atoms with Gasteiger partial charge in [-0.15, -0.1) is 5.01 Å². The van der Waals surface area contributed by atoms with E-state index < -0.39 is 11.6 Å². The number of aromatic nitrogens is 1. The number of hydrazone groups is 1. The third-order valence-corrected chi connectivity index (χ3v) is 5.39. The number of nitrogens with one attached hydrogen (secondary N) is 2. The molecule has 142 valence electrons. The van der Waals surface area contributed by atoms with Crippen LogP contribution in [-0.2, 0) is 16.8 Å². The molecule has 1 aromatic heterocycles. The first-order valence-corrected chi connectivity index (χ1v) is 9.46. The van der Waals surface area contributed by atoms with Crippen LogP contribution in [-0.4, -0.2) is 28.1 Å². The van der Waals surface area contributed by atoms with Crippen LogP contribution in [0.2, 0.25) is 0 Å². The van der Waals surface area contributed by atoms with Crippen molar-refractivity contribution in [3.63, 3.8) is 0 Å². The molecule has 0 radical (unpaired) electrons. The Morgan fingerprint density at radius 3 is 2.57 bits per heavy atom. The second-order valence-electron chi connectivity index (χ2n) is 6.85. The largest absolute Gasteiger partial charge is 0.360 e. The number of urea groups is 1. The fraction of sp³-hybridized carbons (Fsp3) is 0.227. The molecule has 2 aromatic carbocycles. The highest BCUT2D eigenvalue weighted by Gasteiger charge is 2.51. The van der Waals surface area contributed by atoms with E-state index in [0.29, 0.717) is 6.42 Å². The molecule has 1 aliphatic rings. The van der Waals surface area contributed by atoms with E-state index >= 15 is 0 Å². The van der Waals surface area contributed by atoms with E-state index in [2.05, 4.69) is 28.4 Å². The van der Waals surface area contributed by atoms with E-state index in [1.807, 2.05) is 55.6 Å². The smallest absolute Gasteiger partial charge is 0.346 e. The van der Waals surface area contributed by atoms with Crippen molar-refractivity contribution in [3.05, 3.63) is 71.4 Å². The van der Waals surface area contributed by atoms with Gasteiger partial charge in [0.25, 0.3) is 5.91 Å². The number of H-pyrrole nitrogens is 1. The number of hydrogen-bond acceptors (Lipinski definition) is 3. The van der Waals surface area contributed by atoms with Gasteiger partial charge >= 0.3 is 6.03 Å². The maximum atomic E-state index is 13.1. The Hall–Kier alpha value is -3.41. The van der Waals surface area contributed by atoms with Crippen molar-refractivity contribution in [3.8, 4) is 0 Å². The number of imide groups is 1. The molecule has 0 bridgehead atoms. The molecular weight excluding hydrogens is 352 g/mol. The number of aryl methyl sites for hydroxylation is 1. The Balaban J connectivity index is 1.67. The van der Waals surface area contributed by atoms with Crippen molar-refractivity contribution in [2.75, 3.05) is 0 Å². The molecule has 3 amide bonds. The SMILES string of the molecule is CCc1cccc2c(/C=N/N3C(=O)N[C@](CC)(c4ccccc4)C3=O)c[nH]c12. The number of aromatic amines is 1. The highest BCUT2D eigenvalue weighted by molar-refractivity contribution is 6.08. The van der Waals surface area contributed by atoms with Gasteiger partial charge in [0.2, 0.25) is 0 Å². The van der Waals surface area contributed by atoms with Crippen molar-refractivity contribution in [1.29, 1.82) is 0 Å². The van der Waals surface area contributed by atoms with Gasteiger partial charge in [-0.1, -0.05) is 62.4 Å². The van der Waals surface area contributed by atoms with Crippen LogP contribution in [0.4, 0.5) is 4.79 Å². The van der Waals surface area contributed by atoms with Crippen molar-refractivity contribution >= 4 is 29.1 Å². The molecule has 1 fully saturated rings. The fourth-order valence-electron chi connectivity index (χ4n) is 3.79. The minimum Gasteiger partial charge on any atom is -0.360 e. The normalized spacial score (nSPS) is 19.7. The molecule has 0 unspecified atom stereocenters. The predicted molar refractivity (Wildman–Crippen MR) is 109 cm³/mol. The van der Waals surface area contributed by atoms with E-state index in [9.17, 15) is 9.59 Å². The van der Waals surface area contributed by atoms with Gasteiger partial charge < -0.3 is 10.3 Å². The lowest BCUT2D eigenvalue weighted by Gasteiger charge is -2.24. The van der Waals surface area contributed by atoms with Crippen molar-refractivity contribution in [2.45, 2.75) is 32.2 Å². The number of carbonyl (C=O) groups excluding carboxylic acids is 2. The van der Waals surface area contributed by atoms with Crippen LogP contribution in [0.1, 0.15) is 37.0 Å². The van der Waals surface area contributed by atoms with Crippen LogP contribution in [0.5, 0.6) is 0 Å². The summed E-state index contributed by atoms with van der Waals surface area (Å²) in [5.41, 5.74) is 2.77. The summed E-state index contributed by atoms with van der Waals surface area (Å²) in [5.74, 6) is -0.364. The Bertz CT molecular complexity index is 1070. The first-order valence-electron chi connectivity index (χ1n) is 9.46. The average molecular weight is 374 g/mol. The zero-order chi connectivity index (χ0) is 19.7. The molecule has 1 saturated heterocycles. The molecule has 3 aromatic rings. The van der Waals surface area contributed by atoms with Crippen molar-refractivity contribution < 1.29 is 9.59 Å². The standard InChI is InChI=1S/C22H22N4O2/c1-3-15-9-8-12-18-16(13-23-19(15)18)14-24-26-20(27)22(4-2,25-21(26)28)17-10-6-5-7-11-17/h5-14,23H,3-4H2,1-2H3,(H,25,28)/b24-14+/t22-/m1/s1. The topological polar surface area (TPSA) is 77.6 Å². The number of rotatable bonds is 5. The fourth-order valence-corrected chi connectivity index (χ4v) is 3.79. The molecule has 6 heteroatoms. The summed E-state index contributed by atoms with van der Waals surface area (Å²) in [4.78, 5) is 28.9. The number of para-hydroxylation sites is 1. The molecular formula is C22H22N4O2. The van der Waals surface area contributed by atoms with Crippen LogP contribution in [0.25, 0.3) is 10.9 Å². The van der Waals surface area contributed by atoms with E-state index in [1.165, 1.54) is 5.56 Å². The van der Waals surface area contributed by atoms with Gasteiger partial charge in [0, 0.05) is 22.7 Å². The number of fused-ring (bicyclic) bond motifs is 1. The van der Waals surface area contributed by atoms with Gasteiger partial charge in [0.1, 0.15) is 5.54 Å². The second kappa shape index (κ2) is 6.96. The first-order chi connectivity index (χ1) is 13.6. The number of carbonyl (C=O) groups is 2. The van der Waals surface area contributed by atoms with Gasteiger partial charge in [0.05, 0.1) is 6.21 Å². The number of amides is 3. The molecule has 1 atom stereocenters. The van der Waals surface area contributed by atoms with Gasteiger partial charge in [-0.25, -0.2) is 4.79 Å². The molecule has 6 nitrogen and oxygen atoms in total. The molecule has 0 spiro atoms. The Morgan fingerprint density at radius 2 is 1.86 bits per heavy atom. The molecule has 0 aliphatic carbocycles. The first kappa shape index (κ1) is 18.0. The van der Waals surface area contributed by atoms with Crippen molar-refractivity contribution in [1.82, 2.24) is 15.3 Å². The van der Waals surface area contributed by atoms with E-state index in [1.54, 1.807) is 6.21 Å². The minimum absolute atomic E-state index is 0.364. The number of hydrogen-bond donors (Lipinski definition) is 2. The second-order valence-corrected chi connectivity index (χ2v) is 6.85. The van der Waals surface area contributed by atoms with Crippen LogP contribution >= 0.6 is 0 Å². The molecule has 0 saturated carbocycles. The zero-order valence-electron chi connectivity index (χ0n) is 15.9. The summed E-state index contributed by atoms with van der Waals surface area (Å²) in [7, 11) is 0. The summed E-state index contributed by atoms with van der Waals surface area (Å²) in [6, 6.07) is 14.8. The van der Waals surface area contributed by atoms with Gasteiger partial charge in [-0.3, -0.25) is 4.79 Å². The highest BCUT2D eigenvalue weighted by Crippen LogP contribution is 2.32.